The maximum absolute atomic E-state index is 12.0. The van der Waals surface area contributed by atoms with Crippen LogP contribution >= 0.6 is 0 Å². The average Bonchev–Trinajstić information content (AvgIpc) is 3.11. The number of nitrogens with one attached hydrogen (secondary N) is 1. The zero-order valence-electron chi connectivity index (χ0n) is 12.8. The summed E-state index contributed by atoms with van der Waals surface area (Å²) in [7, 11) is 1.91. The van der Waals surface area contributed by atoms with Crippen LogP contribution in [-0.4, -0.2) is 25.1 Å². The molecule has 1 amide bonds. The van der Waals surface area contributed by atoms with Crippen LogP contribution in [0.4, 0.5) is 0 Å². The van der Waals surface area contributed by atoms with Gasteiger partial charge in [-0.15, -0.1) is 0 Å². The van der Waals surface area contributed by atoms with E-state index < -0.39 is 0 Å². The second-order valence-electron chi connectivity index (χ2n) is 5.38. The Morgan fingerprint density at radius 2 is 2.23 bits per heavy atom. The van der Waals surface area contributed by atoms with E-state index in [0.717, 1.165) is 22.5 Å². The molecular weight excluding hydrogens is 278 g/mol. The lowest BCUT2D eigenvalue weighted by Crippen LogP contribution is -2.23. The monoisotopic (exact) mass is 297 g/mol. The normalized spacial score (nSPS) is 11.0. The van der Waals surface area contributed by atoms with Crippen LogP contribution in [0.25, 0.3) is 5.65 Å². The second kappa shape index (κ2) is 6.01. The Bertz CT molecular complexity index is 802. The fraction of sp³-hybridized carbons (Fsp3) is 0.312. The molecule has 3 aromatic heterocycles. The molecule has 3 heterocycles. The minimum Gasteiger partial charge on any atom is -0.352 e. The molecule has 0 bridgehead atoms. The molecule has 6 heteroatoms. The highest BCUT2D eigenvalue weighted by Gasteiger charge is 2.07. The lowest BCUT2D eigenvalue weighted by Gasteiger charge is -2.06. The predicted octanol–water partition coefficient (Wildman–Crippen LogP) is 1.63. The first-order chi connectivity index (χ1) is 10.6. The Hall–Kier alpha value is -2.63. The molecule has 6 nitrogen and oxygen atoms in total. The maximum atomic E-state index is 12.0. The van der Waals surface area contributed by atoms with Crippen LogP contribution in [-0.2, 0) is 24.8 Å². The molecule has 0 atom stereocenters. The zero-order valence-corrected chi connectivity index (χ0v) is 12.8. The highest BCUT2D eigenvalue weighted by Crippen LogP contribution is 2.09. The van der Waals surface area contributed by atoms with Gasteiger partial charge < -0.3 is 9.72 Å². The van der Waals surface area contributed by atoms with Crippen molar-refractivity contribution in [1.29, 1.82) is 0 Å². The van der Waals surface area contributed by atoms with Crippen molar-refractivity contribution in [2.75, 3.05) is 0 Å². The molecule has 1 N–H and O–H groups in total. The van der Waals surface area contributed by atoms with Gasteiger partial charge in [0.2, 0.25) is 5.91 Å². The molecule has 0 unspecified atom stereocenters. The van der Waals surface area contributed by atoms with Gasteiger partial charge in [0.05, 0.1) is 6.20 Å². The number of pyridine rings is 1. The summed E-state index contributed by atoms with van der Waals surface area (Å²) in [5.74, 6) is 0.0477. The van der Waals surface area contributed by atoms with E-state index in [0.29, 0.717) is 19.4 Å². The van der Waals surface area contributed by atoms with Gasteiger partial charge in [-0.2, -0.15) is 5.10 Å². The molecule has 3 aromatic rings. The highest BCUT2D eigenvalue weighted by molar-refractivity contribution is 5.76. The fourth-order valence-corrected chi connectivity index (χ4v) is 2.39. The number of fused-ring (bicyclic) bond motifs is 1. The zero-order chi connectivity index (χ0) is 15.5. The van der Waals surface area contributed by atoms with Crippen molar-refractivity contribution >= 4 is 11.6 Å². The Kier molecular flexibility index (Phi) is 3.91. The Morgan fingerprint density at radius 3 is 3.00 bits per heavy atom. The van der Waals surface area contributed by atoms with Crippen LogP contribution in [0.5, 0.6) is 0 Å². The van der Waals surface area contributed by atoms with Gasteiger partial charge in [-0.3, -0.25) is 9.48 Å². The number of rotatable bonds is 5. The van der Waals surface area contributed by atoms with Crippen LogP contribution in [0.15, 0.2) is 36.9 Å². The molecule has 114 valence electrons. The van der Waals surface area contributed by atoms with E-state index in [4.69, 9.17) is 0 Å². The van der Waals surface area contributed by atoms with Crippen molar-refractivity contribution in [3.05, 3.63) is 53.7 Å². The van der Waals surface area contributed by atoms with E-state index >= 15 is 0 Å². The predicted molar refractivity (Wildman–Crippen MR) is 83.3 cm³/mol. The van der Waals surface area contributed by atoms with Gasteiger partial charge in [0.25, 0.3) is 0 Å². The molecular formula is C16H19N5O. The van der Waals surface area contributed by atoms with E-state index in [-0.39, 0.29) is 5.91 Å². The summed E-state index contributed by atoms with van der Waals surface area (Å²) in [6, 6.07) is 3.96. The van der Waals surface area contributed by atoms with Crippen molar-refractivity contribution in [1.82, 2.24) is 24.5 Å². The van der Waals surface area contributed by atoms with E-state index in [1.165, 1.54) is 0 Å². The first-order valence-corrected chi connectivity index (χ1v) is 7.29. The van der Waals surface area contributed by atoms with Gasteiger partial charge in [0, 0.05) is 44.3 Å². The van der Waals surface area contributed by atoms with Gasteiger partial charge in [0.15, 0.2) is 0 Å². The standard InChI is InChI=1S/C16H19N5O/c1-12-14(11-19-20(12)2)3-4-16(22)18-10-13-5-7-21-8-6-17-15(21)9-13/h5-9,11H,3-4,10H2,1-2H3,(H,18,22). The molecule has 0 aliphatic heterocycles. The number of imidazole rings is 1. The van der Waals surface area contributed by atoms with E-state index in [9.17, 15) is 4.79 Å². The van der Waals surface area contributed by atoms with Crippen LogP contribution in [0.2, 0.25) is 0 Å². The summed E-state index contributed by atoms with van der Waals surface area (Å²) in [4.78, 5) is 16.2. The topological polar surface area (TPSA) is 64.2 Å². The Balaban J connectivity index is 1.52. The largest absolute Gasteiger partial charge is 0.352 e. The number of aryl methyl sites for hydroxylation is 2. The smallest absolute Gasteiger partial charge is 0.220 e. The molecule has 0 aliphatic carbocycles. The molecule has 0 aromatic carbocycles. The number of carbonyl (C=O) groups excluding carboxylic acids is 1. The maximum Gasteiger partial charge on any atom is 0.220 e. The SMILES string of the molecule is Cc1c(CCC(=O)NCc2ccn3ccnc3c2)cnn1C. The second-order valence-corrected chi connectivity index (χ2v) is 5.38. The lowest BCUT2D eigenvalue weighted by atomic mass is 10.1. The van der Waals surface area contributed by atoms with Crippen LogP contribution < -0.4 is 5.32 Å². The molecule has 0 aliphatic rings. The van der Waals surface area contributed by atoms with Gasteiger partial charge >= 0.3 is 0 Å². The summed E-state index contributed by atoms with van der Waals surface area (Å²) < 4.78 is 3.77. The first kappa shape index (κ1) is 14.3. The third kappa shape index (κ3) is 3.00. The summed E-state index contributed by atoms with van der Waals surface area (Å²) in [5, 5.41) is 7.14. The number of amides is 1. The minimum absolute atomic E-state index is 0.0477. The summed E-state index contributed by atoms with van der Waals surface area (Å²) in [6.07, 6.45) is 8.61. The van der Waals surface area contributed by atoms with Gasteiger partial charge in [0.1, 0.15) is 5.65 Å². The van der Waals surface area contributed by atoms with Gasteiger partial charge in [-0.1, -0.05) is 0 Å². The first-order valence-electron chi connectivity index (χ1n) is 7.29. The van der Waals surface area contributed by atoms with Crippen molar-refractivity contribution in [3.8, 4) is 0 Å². The number of hydrogen-bond donors (Lipinski definition) is 1. The van der Waals surface area contributed by atoms with Crippen molar-refractivity contribution in [2.24, 2.45) is 7.05 Å². The van der Waals surface area contributed by atoms with E-state index in [1.54, 1.807) is 6.20 Å². The van der Waals surface area contributed by atoms with Crippen molar-refractivity contribution in [2.45, 2.75) is 26.3 Å². The molecule has 3 rings (SSSR count). The third-order valence-corrected chi connectivity index (χ3v) is 3.91. The van der Waals surface area contributed by atoms with Crippen LogP contribution in [0.1, 0.15) is 23.2 Å². The molecule has 0 fully saturated rings. The number of nitrogens with zero attached hydrogens (tertiary/aromatic N) is 4. The summed E-state index contributed by atoms with van der Waals surface area (Å²) in [6.45, 7) is 2.54. The van der Waals surface area contributed by atoms with Gasteiger partial charge in [-0.05, 0) is 36.6 Å². The molecule has 0 radical (unpaired) electrons. The quantitative estimate of drug-likeness (QED) is 0.778. The van der Waals surface area contributed by atoms with Gasteiger partial charge in [-0.25, -0.2) is 4.98 Å². The van der Waals surface area contributed by atoms with Crippen molar-refractivity contribution in [3.63, 3.8) is 0 Å². The molecule has 0 spiro atoms. The number of aromatic nitrogens is 4. The molecule has 0 saturated carbocycles. The number of carbonyl (C=O) groups is 1. The third-order valence-electron chi connectivity index (χ3n) is 3.91. The van der Waals surface area contributed by atoms with Crippen LogP contribution in [0.3, 0.4) is 0 Å². The molecule has 22 heavy (non-hydrogen) atoms. The molecule has 0 saturated heterocycles. The Labute approximate surface area is 128 Å². The highest BCUT2D eigenvalue weighted by atomic mass is 16.1. The number of hydrogen-bond acceptors (Lipinski definition) is 3. The summed E-state index contributed by atoms with van der Waals surface area (Å²) >= 11 is 0. The van der Waals surface area contributed by atoms with Crippen LogP contribution in [0, 0.1) is 6.92 Å². The Morgan fingerprint density at radius 1 is 1.36 bits per heavy atom. The van der Waals surface area contributed by atoms with Crippen molar-refractivity contribution < 1.29 is 4.79 Å². The lowest BCUT2D eigenvalue weighted by molar-refractivity contribution is -0.121. The average molecular weight is 297 g/mol. The summed E-state index contributed by atoms with van der Waals surface area (Å²) in [5.41, 5.74) is 4.16. The van der Waals surface area contributed by atoms with E-state index in [1.807, 2.05) is 53.8 Å². The fourth-order valence-electron chi connectivity index (χ4n) is 2.39. The van der Waals surface area contributed by atoms with E-state index in [2.05, 4.69) is 15.4 Å². The minimum atomic E-state index is 0.0477.